The molecule has 3 aliphatic rings. The summed E-state index contributed by atoms with van der Waals surface area (Å²) < 4.78 is 29.7. The second-order valence-corrected chi connectivity index (χ2v) is 7.53. The molecule has 3 fully saturated rings. The molecule has 6 heteroatoms. The summed E-state index contributed by atoms with van der Waals surface area (Å²) in [5.41, 5.74) is 0.641. The topological polar surface area (TPSA) is 66.4 Å². The van der Waals surface area contributed by atoms with Gasteiger partial charge in [-0.3, -0.25) is 0 Å². The molecule has 3 saturated heterocycles. The lowest BCUT2D eigenvalue weighted by molar-refractivity contribution is -0.291. The van der Waals surface area contributed by atoms with Crippen LogP contribution in [0, 0.1) is 0 Å². The van der Waals surface area contributed by atoms with Gasteiger partial charge in [-0.15, -0.1) is 0 Å². The molecule has 24 heavy (non-hydrogen) atoms. The largest absolute Gasteiger partial charge is 0.360 e. The first-order valence-corrected chi connectivity index (χ1v) is 8.33. The smallest absolute Gasteiger partial charge is 0.222 e. The lowest BCUT2D eigenvalue weighted by atomic mass is 9.97. The third kappa shape index (κ3) is 2.58. The molecule has 0 aliphatic carbocycles. The van der Waals surface area contributed by atoms with Crippen molar-refractivity contribution in [3.05, 3.63) is 35.9 Å². The van der Waals surface area contributed by atoms with Crippen LogP contribution in [-0.2, 0) is 29.5 Å². The Kier molecular flexibility index (Phi) is 3.59. The van der Waals surface area contributed by atoms with Gasteiger partial charge in [0.1, 0.15) is 24.4 Å². The molecule has 0 unspecified atom stereocenters. The molecule has 0 bridgehead atoms. The fourth-order valence-corrected chi connectivity index (χ4v) is 3.75. The zero-order valence-electron chi connectivity index (χ0n) is 14.4. The van der Waals surface area contributed by atoms with Gasteiger partial charge in [-0.05, 0) is 27.7 Å². The number of hydrogen-bond donors (Lipinski definition) is 1. The van der Waals surface area contributed by atoms with Gasteiger partial charge in [0.2, 0.25) is 5.79 Å². The van der Waals surface area contributed by atoms with Crippen LogP contribution >= 0.6 is 0 Å². The number of aliphatic hydroxyl groups is 1. The summed E-state index contributed by atoms with van der Waals surface area (Å²) in [6.45, 7) is 7.78. The molecule has 1 aromatic carbocycles. The Labute approximate surface area is 141 Å². The molecule has 6 nitrogen and oxygen atoms in total. The number of ether oxygens (including phenoxy) is 5. The monoisotopic (exact) mass is 336 g/mol. The number of benzene rings is 1. The standard InChI is InChI=1S/C18H24O6/c1-16(2)20-10-12(21-16)13-14-15(24-17(3,4)22-14)18(19,23-13)11-8-6-5-7-9-11/h5-9,12-15,19H,10H2,1-4H3/t12-,13+,14+,15+,18-/m1/s1. The minimum absolute atomic E-state index is 0.331. The summed E-state index contributed by atoms with van der Waals surface area (Å²) in [5.74, 6) is -3.05. The maximum Gasteiger partial charge on any atom is 0.222 e. The Bertz CT molecular complexity index is 615. The first-order chi connectivity index (χ1) is 11.2. The lowest BCUT2D eigenvalue weighted by Crippen LogP contribution is -2.41. The summed E-state index contributed by atoms with van der Waals surface area (Å²) >= 11 is 0. The van der Waals surface area contributed by atoms with Crippen LogP contribution in [0.2, 0.25) is 0 Å². The highest BCUT2D eigenvalue weighted by atomic mass is 16.8. The van der Waals surface area contributed by atoms with Crippen molar-refractivity contribution in [2.75, 3.05) is 6.61 Å². The summed E-state index contributed by atoms with van der Waals surface area (Å²) in [4.78, 5) is 0. The van der Waals surface area contributed by atoms with Crippen molar-refractivity contribution in [2.24, 2.45) is 0 Å². The molecule has 0 aromatic heterocycles. The van der Waals surface area contributed by atoms with Crippen molar-refractivity contribution in [2.45, 2.75) is 69.5 Å². The Balaban J connectivity index is 1.68. The predicted octanol–water partition coefficient (Wildman–Crippen LogP) is 1.90. The van der Waals surface area contributed by atoms with Crippen LogP contribution in [0.25, 0.3) is 0 Å². The second kappa shape index (κ2) is 5.24. The lowest BCUT2D eigenvalue weighted by Gasteiger charge is -2.31. The summed E-state index contributed by atoms with van der Waals surface area (Å²) in [5, 5.41) is 11.3. The molecule has 4 rings (SSSR count). The van der Waals surface area contributed by atoms with E-state index in [9.17, 15) is 5.11 Å². The van der Waals surface area contributed by atoms with E-state index in [-0.39, 0.29) is 6.10 Å². The minimum Gasteiger partial charge on any atom is -0.360 e. The Morgan fingerprint density at radius 2 is 1.58 bits per heavy atom. The van der Waals surface area contributed by atoms with Gasteiger partial charge in [-0.2, -0.15) is 0 Å². The molecule has 0 amide bonds. The van der Waals surface area contributed by atoms with Crippen molar-refractivity contribution in [3.63, 3.8) is 0 Å². The molecule has 3 heterocycles. The zero-order chi connectivity index (χ0) is 17.2. The number of hydrogen-bond acceptors (Lipinski definition) is 6. The average Bonchev–Trinajstić information content (AvgIpc) is 3.12. The van der Waals surface area contributed by atoms with Crippen molar-refractivity contribution >= 4 is 0 Å². The van der Waals surface area contributed by atoms with Crippen LogP contribution < -0.4 is 0 Å². The maximum absolute atomic E-state index is 11.3. The second-order valence-electron chi connectivity index (χ2n) is 7.53. The molecular weight excluding hydrogens is 312 g/mol. The van der Waals surface area contributed by atoms with Gasteiger partial charge in [0.25, 0.3) is 0 Å². The van der Waals surface area contributed by atoms with Gasteiger partial charge in [0.15, 0.2) is 11.6 Å². The van der Waals surface area contributed by atoms with E-state index in [1.54, 1.807) is 0 Å². The van der Waals surface area contributed by atoms with Crippen LogP contribution in [0.15, 0.2) is 30.3 Å². The third-order valence-corrected chi connectivity index (χ3v) is 4.74. The highest BCUT2D eigenvalue weighted by Gasteiger charge is 2.65. The van der Waals surface area contributed by atoms with E-state index in [1.165, 1.54) is 0 Å². The Morgan fingerprint density at radius 1 is 0.875 bits per heavy atom. The highest BCUT2D eigenvalue weighted by Crippen LogP contribution is 2.49. The van der Waals surface area contributed by atoms with E-state index in [4.69, 9.17) is 23.7 Å². The summed E-state index contributed by atoms with van der Waals surface area (Å²) in [6, 6.07) is 9.26. The molecule has 0 radical (unpaired) electrons. The molecule has 0 spiro atoms. The fraction of sp³-hybridized carbons (Fsp3) is 0.667. The van der Waals surface area contributed by atoms with Gasteiger partial charge in [-0.25, -0.2) is 0 Å². The molecule has 3 aliphatic heterocycles. The van der Waals surface area contributed by atoms with Crippen molar-refractivity contribution < 1.29 is 28.8 Å². The fourth-order valence-electron chi connectivity index (χ4n) is 3.75. The van der Waals surface area contributed by atoms with E-state index in [1.807, 2.05) is 58.0 Å². The molecule has 1 aromatic rings. The quantitative estimate of drug-likeness (QED) is 0.890. The van der Waals surface area contributed by atoms with E-state index < -0.39 is 35.7 Å². The van der Waals surface area contributed by atoms with Gasteiger partial charge in [-0.1, -0.05) is 30.3 Å². The maximum atomic E-state index is 11.3. The molecular formula is C18H24O6. The Morgan fingerprint density at radius 3 is 2.21 bits per heavy atom. The van der Waals surface area contributed by atoms with Crippen molar-refractivity contribution in [1.82, 2.24) is 0 Å². The van der Waals surface area contributed by atoms with Gasteiger partial charge >= 0.3 is 0 Å². The van der Waals surface area contributed by atoms with Crippen molar-refractivity contribution in [1.29, 1.82) is 0 Å². The highest BCUT2D eigenvalue weighted by molar-refractivity contribution is 5.25. The van der Waals surface area contributed by atoms with E-state index in [2.05, 4.69) is 0 Å². The molecule has 5 atom stereocenters. The van der Waals surface area contributed by atoms with E-state index in [0.717, 1.165) is 0 Å². The number of fused-ring (bicyclic) bond motifs is 1. The summed E-state index contributed by atoms with van der Waals surface area (Å²) in [6.07, 6.45) is -1.88. The minimum atomic E-state index is -1.58. The van der Waals surface area contributed by atoms with Gasteiger partial charge in [0.05, 0.1) is 6.61 Å². The van der Waals surface area contributed by atoms with E-state index in [0.29, 0.717) is 12.2 Å². The first-order valence-electron chi connectivity index (χ1n) is 8.33. The molecule has 0 saturated carbocycles. The predicted molar refractivity (Wildman–Crippen MR) is 83.9 cm³/mol. The third-order valence-electron chi connectivity index (χ3n) is 4.74. The van der Waals surface area contributed by atoms with Crippen LogP contribution in [-0.4, -0.2) is 47.7 Å². The normalized spacial score (nSPS) is 43.0. The summed E-state index contributed by atoms with van der Waals surface area (Å²) in [7, 11) is 0. The Hall–Kier alpha value is -1.02. The molecule has 132 valence electrons. The zero-order valence-corrected chi connectivity index (χ0v) is 14.4. The van der Waals surface area contributed by atoms with E-state index >= 15 is 0 Å². The molecule has 1 N–H and O–H groups in total. The van der Waals surface area contributed by atoms with Crippen LogP contribution in [0.3, 0.4) is 0 Å². The first kappa shape index (κ1) is 16.4. The number of rotatable bonds is 2. The van der Waals surface area contributed by atoms with Crippen LogP contribution in [0.5, 0.6) is 0 Å². The average molecular weight is 336 g/mol. The van der Waals surface area contributed by atoms with Crippen LogP contribution in [0.1, 0.15) is 33.3 Å². The van der Waals surface area contributed by atoms with Crippen molar-refractivity contribution in [3.8, 4) is 0 Å². The van der Waals surface area contributed by atoms with Gasteiger partial charge in [0, 0.05) is 5.56 Å². The van der Waals surface area contributed by atoms with Gasteiger partial charge < -0.3 is 28.8 Å². The SMILES string of the molecule is CC1(C)OC[C@H]([C@@H]2O[C@](O)(c3ccccc3)[C@H]3OC(C)(C)O[C@@H]23)O1. The van der Waals surface area contributed by atoms with Crippen LogP contribution in [0.4, 0.5) is 0 Å².